The number of halogens is 1. The van der Waals surface area contributed by atoms with E-state index in [1.165, 1.54) is 38.4 Å². The molecule has 7 nitrogen and oxygen atoms in total. The van der Waals surface area contributed by atoms with Crippen LogP contribution in [0.4, 0.5) is 4.39 Å². The van der Waals surface area contributed by atoms with Gasteiger partial charge in [-0.05, 0) is 31.5 Å². The second kappa shape index (κ2) is 9.16. The molecule has 0 saturated heterocycles. The minimum atomic E-state index is -0.970. The molecular weight excluding hydrogens is 367 g/mol. The molecule has 2 aromatic rings. The van der Waals surface area contributed by atoms with Crippen LogP contribution in [-0.2, 0) is 9.53 Å². The summed E-state index contributed by atoms with van der Waals surface area (Å²) in [5, 5.41) is 12.4. The first-order valence-corrected chi connectivity index (χ1v) is 8.73. The van der Waals surface area contributed by atoms with Crippen molar-refractivity contribution in [2.75, 3.05) is 7.11 Å². The molecule has 2 rings (SSSR count). The minimum absolute atomic E-state index is 0.0946. The third kappa shape index (κ3) is 4.97. The molecule has 2 N–H and O–H groups in total. The Kier molecular flexibility index (Phi) is 6.92. The number of pyridine rings is 1. The molecule has 1 heterocycles. The number of nitrogens with zero attached hydrogens (tertiary/aromatic N) is 1. The predicted molar refractivity (Wildman–Crippen MR) is 99.8 cm³/mol. The zero-order chi connectivity index (χ0) is 20.8. The zero-order valence-electron chi connectivity index (χ0n) is 16.1. The fraction of sp³-hybridized carbons (Fsp3) is 0.350. The second-order valence-corrected chi connectivity index (χ2v) is 6.39. The molecule has 150 valence electrons. The zero-order valence-corrected chi connectivity index (χ0v) is 16.1. The molecular formula is C20H23FN2O5. The van der Waals surface area contributed by atoms with Crippen molar-refractivity contribution in [3.05, 3.63) is 53.6 Å². The smallest absolute Gasteiger partial charge is 0.328 e. The van der Waals surface area contributed by atoms with Crippen molar-refractivity contribution in [1.82, 2.24) is 10.3 Å². The van der Waals surface area contributed by atoms with E-state index in [0.29, 0.717) is 0 Å². The van der Waals surface area contributed by atoms with Crippen LogP contribution >= 0.6 is 0 Å². The highest BCUT2D eigenvalue weighted by Gasteiger charge is 2.25. The van der Waals surface area contributed by atoms with Crippen LogP contribution in [0, 0.1) is 5.82 Å². The van der Waals surface area contributed by atoms with Crippen molar-refractivity contribution in [2.24, 2.45) is 0 Å². The van der Waals surface area contributed by atoms with Crippen LogP contribution in [-0.4, -0.2) is 41.2 Å². The summed E-state index contributed by atoms with van der Waals surface area (Å²) in [6.07, 6.45) is 0.809. The number of carbonyl (C=O) groups is 2. The summed E-state index contributed by atoms with van der Waals surface area (Å²) < 4.78 is 23.4. The van der Waals surface area contributed by atoms with E-state index in [1.807, 2.05) is 6.92 Å². The number of esters is 1. The number of aromatic hydroxyl groups is 1. The maximum atomic E-state index is 13.0. The summed E-state index contributed by atoms with van der Waals surface area (Å²) in [5.41, 5.74) is 0.565. The number of methoxy groups -OCH3 is 1. The van der Waals surface area contributed by atoms with Crippen LogP contribution < -0.4 is 10.1 Å². The molecule has 0 aliphatic heterocycles. The number of carbonyl (C=O) groups excluding carboxylic acids is 2. The fourth-order valence-corrected chi connectivity index (χ4v) is 2.52. The number of nitrogens with one attached hydrogen (secondary N) is 1. The Morgan fingerprint density at radius 3 is 2.39 bits per heavy atom. The molecule has 0 fully saturated rings. The maximum Gasteiger partial charge on any atom is 0.328 e. The van der Waals surface area contributed by atoms with Gasteiger partial charge in [0.1, 0.15) is 18.0 Å². The summed E-state index contributed by atoms with van der Waals surface area (Å²) in [5.74, 6) is -2.21. The fourth-order valence-electron chi connectivity index (χ4n) is 2.52. The number of aromatic nitrogens is 1. The van der Waals surface area contributed by atoms with Crippen LogP contribution in [0.1, 0.15) is 42.7 Å². The first-order valence-electron chi connectivity index (χ1n) is 8.73. The molecule has 0 aliphatic rings. The van der Waals surface area contributed by atoms with Crippen molar-refractivity contribution in [2.45, 2.75) is 38.8 Å². The molecule has 0 bridgehead atoms. The highest BCUT2D eigenvalue weighted by molar-refractivity contribution is 5.97. The van der Waals surface area contributed by atoms with E-state index < -0.39 is 29.8 Å². The van der Waals surface area contributed by atoms with Gasteiger partial charge in [0.05, 0.1) is 7.11 Å². The van der Waals surface area contributed by atoms with Crippen LogP contribution in [0.5, 0.6) is 11.5 Å². The van der Waals surface area contributed by atoms with E-state index in [-0.39, 0.29) is 23.2 Å². The first kappa shape index (κ1) is 21.1. The number of rotatable bonds is 7. The Labute approximate surface area is 162 Å². The van der Waals surface area contributed by atoms with E-state index in [2.05, 4.69) is 10.3 Å². The van der Waals surface area contributed by atoms with Gasteiger partial charge in [-0.1, -0.05) is 19.1 Å². The van der Waals surface area contributed by atoms with Crippen LogP contribution in [0.3, 0.4) is 0 Å². The Bertz CT molecular complexity index is 841. The first-order chi connectivity index (χ1) is 13.2. The van der Waals surface area contributed by atoms with Gasteiger partial charge in [0.2, 0.25) is 0 Å². The number of benzene rings is 1. The summed E-state index contributed by atoms with van der Waals surface area (Å²) in [7, 11) is 1.35. The highest BCUT2D eigenvalue weighted by Crippen LogP contribution is 2.27. The Balaban J connectivity index is 1.98. The van der Waals surface area contributed by atoms with Gasteiger partial charge in [-0.25, -0.2) is 14.2 Å². The number of hydrogen-bond acceptors (Lipinski definition) is 6. The molecule has 0 unspecified atom stereocenters. The summed E-state index contributed by atoms with van der Waals surface area (Å²) in [4.78, 5) is 28.4. The molecule has 0 spiro atoms. The van der Waals surface area contributed by atoms with E-state index in [9.17, 15) is 19.1 Å². The van der Waals surface area contributed by atoms with E-state index >= 15 is 0 Å². The van der Waals surface area contributed by atoms with Crippen LogP contribution in [0.15, 0.2) is 36.5 Å². The molecule has 3 atom stereocenters. The topological polar surface area (TPSA) is 97.8 Å². The Morgan fingerprint density at radius 1 is 1.14 bits per heavy atom. The summed E-state index contributed by atoms with van der Waals surface area (Å²) in [6, 6.07) is 6.39. The van der Waals surface area contributed by atoms with Gasteiger partial charge in [-0.3, -0.25) is 4.79 Å². The minimum Gasteiger partial charge on any atom is -0.503 e. The van der Waals surface area contributed by atoms with Gasteiger partial charge in [-0.15, -0.1) is 0 Å². The third-order valence-corrected chi connectivity index (χ3v) is 4.43. The lowest BCUT2D eigenvalue weighted by Gasteiger charge is -2.23. The molecule has 1 aromatic carbocycles. The normalized spacial score (nSPS) is 13.9. The summed E-state index contributed by atoms with van der Waals surface area (Å²) >= 11 is 0. The molecule has 1 aromatic heterocycles. The quantitative estimate of drug-likeness (QED) is 0.706. The van der Waals surface area contributed by atoms with Gasteiger partial charge >= 0.3 is 5.97 Å². The molecule has 0 aliphatic carbocycles. The molecule has 0 radical (unpaired) electrons. The monoisotopic (exact) mass is 390 g/mol. The number of hydrogen-bond donors (Lipinski definition) is 2. The SMILES string of the molecule is COc1ccnc(C(=O)N[C@H](C)C(=O)O[C@@H](C)[C@@H](C)c2ccc(F)cc2)c1O. The average Bonchev–Trinajstić information content (AvgIpc) is 2.67. The second-order valence-electron chi connectivity index (χ2n) is 6.39. The summed E-state index contributed by atoms with van der Waals surface area (Å²) in [6.45, 7) is 5.04. The predicted octanol–water partition coefficient (Wildman–Crippen LogP) is 2.79. The number of ether oxygens (including phenoxy) is 2. The van der Waals surface area contributed by atoms with Crippen LogP contribution in [0.25, 0.3) is 0 Å². The Morgan fingerprint density at radius 2 is 1.79 bits per heavy atom. The lowest BCUT2D eigenvalue weighted by Crippen LogP contribution is -2.41. The van der Waals surface area contributed by atoms with E-state index in [0.717, 1.165) is 5.56 Å². The van der Waals surface area contributed by atoms with Crippen LogP contribution in [0.2, 0.25) is 0 Å². The van der Waals surface area contributed by atoms with Gasteiger partial charge in [0, 0.05) is 18.2 Å². The van der Waals surface area contributed by atoms with Crippen molar-refractivity contribution >= 4 is 11.9 Å². The molecule has 1 amide bonds. The molecule has 28 heavy (non-hydrogen) atoms. The highest BCUT2D eigenvalue weighted by atomic mass is 19.1. The van der Waals surface area contributed by atoms with Crippen molar-refractivity contribution < 1.29 is 28.6 Å². The largest absolute Gasteiger partial charge is 0.503 e. The lowest BCUT2D eigenvalue weighted by atomic mass is 9.96. The van der Waals surface area contributed by atoms with Gasteiger partial charge in [0.25, 0.3) is 5.91 Å². The lowest BCUT2D eigenvalue weighted by molar-refractivity contribution is -0.151. The average molecular weight is 390 g/mol. The van der Waals surface area contributed by atoms with Gasteiger partial charge in [-0.2, -0.15) is 0 Å². The third-order valence-electron chi connectivity index (χ3n) is 4.43. The molecule has 8 heteroatoms. The maximum absolute atomic E-state index is 13.0. The standard InChI is InChI=1S/C20H23FN2O5/c1-11(14-5-7-15(21)8-6-14)13(3)28-20(26)12(2)23-19(25)17-18(24)16(27-4)9-10-22-17/h5-13,24H,1-4H3,(H,23,25)/t11-,12-,13+/m1/s1. The molecule has 0 saturated carbocycles. The van der Waals surface area contributed by atoms with Gasteiger partial charge in [0.15, 0.2) is 17.2 Å². The van der Waals surface area contributed by atoms with Crippen molar-refractivity contribution in [3.63, 3.8) is 0 Å². The van der Waals surface area contributed by atoms with E-state index in [1.54, 1.807) is 19.1 Å². The Hall–Kier alpha value is -3.16. The van der Waals surface area contributed by atoms with Crippen molar-refractivity contribution in [1.29, 1.82) is 0 Å². The van der Waals surface area contributed by atoms with Gasteiger partial charge < -0.3 is 19.9 Å². The van der Waals surface area contributed by atoms with E-state index in [4.69, 9.17) is 9.47 Å². The number of amides is 1. The van der Waals surface area contributed by atoms with Crippen molar-refractivity contribution in [3.8, 4) is 11.5 Å².